The number of carbonyl (C=O) groups excluding carboxylic acids is 3. The smallest absolute Gasteiger partial charge is 0.373 e. The largest absolute Gasteiger partial charge is 0.463 e. The molecule has 2 amide bonds. The fourth-order valence-electron chi connectivity index (χ4n) is 2.78. The second-order valence-corrected chi connectivity index (χ2v) is 7.09. The lowest BCUT2D eigenvalue weighted by molar-refractivity contribution is -0.123. The van der Waals surface area contributed by atoms with Crippen LogP contribution in [0.15, 0.2) is 68.3 Å². The highest BCUT2D eigenvalue weighted by atomic mass is 32.2. The van der Waals surface area contributed by atoms with Crippen molar-refractivity contribution in [1.29, 1.82) is 0 Å². The van der Waals surface area contributed by atoms with Gasteiger partial charge in [0.2, 0.25) is 5.76 Å². The van der Waals surface area contributed by atoms with Gasteiger partial charge >= 0.3 is 5.97 Å². The first-order valence-corrected chi connectivity index (χ1v) is 9.44. The number of methoxy groups -OCH3 is 1. The molecule has 1 saturated heterocycles. The van der Waals surface area contributed by atoms with Gasteiger partial charge in [-0.3, -0.25) is 14.5 Å². The van der Waals surface area contributed by atoms with E-state index in [2.05, 4.69) is 4.74 Å². The molecule has 0 bridgehead atoms. The number of nitrogens with zero attached hydrogens (tertiary/aromatic N) is 1. The molecule has 1 aliphatic rings. The first-order valence-electron chi connectivity index (χ1n) is 8.63. The first-order chi connectivity index (χ1) is 14.0. The summed E-state index contributed by atoms with van der Waals surface area (Å²) in [6.45, 7) is -0.0770. The Kier molecular flexibility index (Phi) is 5.09. The maximum Gasteiger partial charge on any atom is 0.373 e. The summed E-state index contributed by atoms with van der Waals surface area (Å²) in [6.07, 6.45) is 1.54. The summed E-state index contributed by atoms with van der Waals surface area (Å²) < 4.78 is 15.7. The highest BCUT2D eigenvalue weighted by molar-refractivity contribution is 8.18. The zero-order valence-electron chi connectivity index (χ0n) is 15.3. The Morgan fingerprint density at radius 1 is 1.07 bits per heavy atom. The van der Waals surface area contributed by atoms with Gasteiger partial charge in [0.05, 0.1) is 18.6 Å². The zero-order chi connectivity index (χ0) is 20.4. The predicted octanol–water partition coefficient (Wildman–Crippen LogP) is 4.56. The molecule has 1 aromatic carbocycles. The normalized spacial score (nSPS) is 15.3. The molecule has 7 nitrogen and oxygen atoms in total. The molecule has 0 aliphatic carbocycles. The van der Waals surface area contributed by atoms with Crippen LogP contribution in [0.1, 0.15) is 22.1 Å². The summed E-state index contributed by atoms with van der Waals surface area (Å²) in [4.78, 5) is 37.7. The predicted molar refractivity (Wildman–Crippen MR) is 106 cm³/mol. The minimum atomic E-state index is -0.627. The number of rotatable bonds is 5. The van der Waals surface area contributed by atoms with E-state index in [4.69, 9.17) is 8.83 Å². The van der Waals surface area contributed by atoms with Crippen LogP contribution < -0.4 is 0 Å². The van der Waals surface area contributed by atoms with Crippen LogP contribution in [-0.2, 0) is 16.1 Å². The van der Waals surface area contributed by atoms with Crippen molar-refractivity contribution in [1.82, 2.24) is 4.90 Å². The van der Waals surface area contributed by atoms with Gasteiger partial charge in [0.25, 0.3) is 11.1 Å². The number of hydrogen-bond acceptors (Lipinski definition) is 7. The van der Waals surface area contributed by atoms with E-state index in [0.717, 1.165) is 22.2 Å². The summed E-state index contributed by atoms with van der Waals surface area (Å²) in [6, 6.07) is 16.1. The lowest BCUT2D eigenvalue weighted by Crippen LogP contribution is -2.27. The van der Waals surface area contributed by atoms with Crippen molar-refractivity contribution < 1.29 is 28.0 Å². The van der Waals surface area contributed by atoms with E-state index in [1.165, 1.54) is 19.2 Å². The van der Waals surface area contributed by atoms with Gasteiger partial charge < -0.3 is 13.6 Å². The SMILES string of the molecule is COC(=O)c1ccc(CN2C(=O)S/C(=C/c3ccc(-c4ccccc4)o3)C2=O)o1. The number of amides is 2. The third-order valence-corrected chi connectivity index (χ3v) is 5.10. The van der Waals surface area contributed by atoms with Crippen LogP contribution in [0.4, 0.5) is 4.79 Å². The lowest BCUT2D eigenvalue weighted by Gasteiger charge is -2.09. The summed E-state index contributed by atoms with van der Waals surface area (Å²) in [5.74, 6) is 0.376. The monoisotopic (exact) mass is 409 g/mol. The topological polar surface area (TPSA) is 90.0 Å². The number of carbonyl (C=O) groups is 3. The molecule has 8 heteroatoms. The number of benzene rings is 1. The number of thioether (sulfide) groups is 1. The van der Waals surface area contributed by atoms with E-state index >= 15 is 0 Å². The Labute approximate surface area is 169 Å². The van der Waals surface area contributed by atoms with E-state index in [1.807, 2.05) is 36.4 Å². The molecule has 1 fully saturated rings. The minimum Gasteiger partial charge on any atom is -0.463 e. The highest BCUT2D eigenvalue weighted by Gasteiger charge is 2.36. The molecular formula is C21H15NO6S. The van der Waals surface area contributed by atoms with Gasteiger partial charge in [-0.15, -0.1) is 0 Å². The van der Waals surface area contributed by atoms with Crippen LogP contribution in [0, 0.1) is 0 Å². The summed E-state index contributed by atoms with van der Waals surface area (Å²) >= 11 is 0.824. The van der Waals surface area contributed by atoms with Crippen LogP contribution >= 0.6 is 11.8 Å². The highest BCUT2D eigenvalue weighted by Crippen LogP contribution is 2.34. The van der Waals surface area contributed by atoms with Gasteiger partial charge in [-0.1, -0.05) is 30.3 Å². The van der Waals surface area contributed by atoms with Crippen LogP contribution in [0.25, 0.3) is 17.4 Å². The van der Waals surface area contributed by atoms with Crippen molar-refractivity contribution in [3.05, 3.63) is 76.8 Å². The average Bonchev–Trinajstić information content (AvgIpc) is 3.45. The molecule has 3 aromatic rings. The number of ether oxygens (including phenoxy) is 1. The second kappa shape index (κ2) is 7.84. The van der Waals surface area contributed by atoms with Crippen molar-refractivity contribution in [2.45, 2.75) is 6.54 Å². The van der Waals surface area contributed by atoms with E-state index in [9.17, 15) is 14.4 Å². The maximum absolute atomic E-state index is 12.6. The maximum atomic E-state index is 12.6. The third kappa shape index (κ3) is 3.88. The van der Waals surface area contributed by atoms with Gasteiger partial charge in [0, 0.05) is 11.6 Å². The molecule has 0 unspecified atom stereocenters. The van der Waals surface area contributed by atoms with Crippen molar-refractivity contribution in [2.75, 3.05) is 7.11 Å². The van der Waals surface area contributed by atoms with Crippen LogP contribution in [0.3, 0.4) is 0 Å². The van der Waals surface area contributed by atoms with Gasteiger partial charge in [0.1, 0.15) is 17.3 Å². The molecular weight excluding hydrogens is 394 g/mol. The quantitative estimate of drug-likeness (QED) is 0.451. The number of esters is 1. The fraction of sp³-hybridized carbons (Fsp3) is 0.0952. The van der Waals surface area contributed by atoms with Gasteiger partial charge in [-0.25, -0.2) is 4.79 Å². The average molecular weight is 409 g/mol. The number of imide groups is 1. The number of hydrogen-bond donors (Lipinski definition) is 0. The lowest BCUT2D eigenvalue weighted by atomic mass is 10.2. The molecule has 1 aliphatic heterocycles. The molecule has 0 spiro atoms. The standard InChI is InChI=1S/C21H15NO6S/c1-26-20(24)17-10-8-15(28-17)12-22-19(23)18(29-21(22)25)11-14-7-9-16(27-14)13-5-3-2-4-6-13/h2-11H,12H2,1H3/b18-11+. The molecule has 0 atom stereocenters. The zero-order valence-corrected chi connectivity index (χ0v) is 16.1. The molecule has 4 rings (SSSR count). The van der Waals surface area contributed by atoms with Crippen LogP contribution in [-0.4, -0.2) is 29.1 Å². The van der Waals surface area contributed by atoms with Crippen molar-refractivity contribution in [2.24, 2.45) is 0 Å². The third-order valence-electron chi connectivity index (χ3n) is 4.19. The second-order valence-electron chi connectivity index (χ2n) is 6.09. The Hall–Kier alpha value is -3.52. The van der Waals surface area contributed by atoms with Crippen molar-refractivity contribution in [3.63, 3.8) is 0 Å². The molecule has 0 radical (unpaired) electrons. The Bertz CT molecular complexity index is 1110. The Morgan fingerprint density at radius 3 is 2.62 bits per heavy atom. The molecule has 3 heterocycles. The van der Waals surface area contributed by atoms with E-state index in [0.29, 0.717) is 17.3 Å². The molecule has 2 aromatic heterocycles. The van der Waals surface area contributed by atoms with Crippen LogP contribution in [0.5, 0.6) is 0 Å². The van der Waals surface area contributed by atoms with E-state index < -0.39 is 17.1 Å². The molecule has 0 N–H and O–H groups in total. The molecule has 146 valence electrons. The molecule has 29 heavy (non-hydrogen) atoms. The molecule has 0 saturated carbocycles. The summed E-state index contributed by atoms with van der Waals surface area (Å²) in [7, 11) is 1.24. The fourth-order valence-corrected chi connectivity index (χ4v) is 3.60. The Balaban J connectivity index is 1.50. The number of furan rings is 2. The van der Waals surface area contributed by atoms with E-state index in [1.54, 1.807) is 12.1 Å². The van der Waals surface area contributed by atoms with Gasteiger partial charge in [0.15, 0.2) is 0 Å². The van der Waals surface area contributed by atoms with Crippen molar-refractivity contribution >= 4 is 35.0 Å². The van der Waals surface area contributed by atoms with Crippen molar-refractivity contribution in [3.8, 4) is 11.3 Å². The van der Waals surface area contributed by atoms with Crippen LogP contribution in [0.2, 0.25) is 0 Å². The van der Waals surface area contributed by atoms with Gasteiger partial charge in [-0.2, -0.15) is 0 Å². The minimum absolute atomic E-state index is 0.00837. The Morgan fingerprint density at radius 2 is 1.86 bits per heavy atom. The summed E-state index contributed by atoms with van der Waals surface area (Å²) in [5.41, 5.74) is 0.916. The summed E-state index contributed by atoms with van der Waals surface area (Å²) in [5, 5.41) is -0.424. The van der Waals surface area contributed by atoms with E-state index in [-0.39, 0.29) is 17.2 Å². The van der Waals surface area contributed by atoms with Gasteiger partial charge in [-0.05, 0) is 36.0 Å². The first kappa shape index (κ1) is 18.8.